The molecule has 0 spiro atoms. The molecule has 4 nitrogen and oxygen atoms in total. The lowest BCUT2D eigenvalue weighted by Crippen LogP contribution is -2.46. The van der Waals surface area contributed by atoms with Gasteiger partial charge in [-0.3, -0.25) is 9.69 Å². The van der Waals surface area contributed by atoms with E-state index in [1.165, 1.54) is 39.2 Å². The normalized spacial score (nSPS) is 32.4. The number of carbonyl (C=O) groups is 1. The number of esters is 1. The van der Waals surface area contributed by atoms with Gasteiger partial charge in [0, 0.05) is 18.4 Å². The van der Waals surface area contributed by atoms with Crippen molar-refractivity contribution in [1.82, 2.24) is 4.90 Å². The van der Waals surface area contributed by atoms with E-state index in [1.807, 2.05) is 0 Å². The molecule has 4 heteroatoms. The Kier molecular flexibility index (Phi) is 5.64. The Labute approximate surface area is 116 Å². The van der Waals surface area contributed by atoms with E-state index in [2.05, 4.69) is 9.64 Å². The molecule has 1 aliphatic heterocycles. The lowest BCUT2D eigenvalue weighted by Gasteiger charge is -2.40. The van der Waals surface area contributed by atoms with Crippen molar-refractivity contribution in [2.45, 2.75) is 63.5 Å². The molecule has 0 aromatic carbocycles. The molecule has 0 radical (unpaired) electrons. The van der Waals surface area contributed by atoms with Gasteiger partial charge in [-0.2, -0.15) is 0 Å². The third kappa shape index (κ3) is 3.93. The van der Waals surface area contributed by atoms with E-state index in [0.717, 1.165) is 25.9 Å². The van der Waals surface area contributed by atoms with Gasteiger partial charge < -0.3 is 9.84 Å². The summed E-state index contributed by atoms with van der Waals surface area (Å²) in [5.41, 5.74) is 0. The molecule has 19 heavy (non-hydrogen) atoms. The number of likely N-dealkylation sites (tertiary alicyclic amines) is 1. The van der Waals surface area contributed by atoms with Gasteiger partial charge in [-0.15, -0.1) is 0 Å². The molecule has 0 amide bonds. The number of hydrogen-bond donors (Lipinski definition) is 1. The molecule has 2 fully saturated rings. The number of piperidine rings is 1. The van der Waals surface area contributed by atoms with Crippen LogP contribution in [0.1, 0.15) is 51.4 Å². The highest BCUT2D eigenvalue weighted by Gasteiger charge is 2.36. The van der Waals surface area contributed by atoms with E-state index in [9.17, 15) is 9.90 Å². The average Bonchev–Trinajstić information content (AvgIpc) is 2.85. The van der Waals surface area contributed by atoms with Gasteiger partial charge >= 0.3 is 5.97 Å². The Morgan fingerprint density at radius 3 is 2.79 bits per heavy atom. The van der Waals surface area contributed by atoms with Crippen LogP contribution in [0.2, 0.25) is 0 Å². The van der Waals surface area contributed by atoms with E-state index in [1.54, 1.807) is 0 Å². The van der Waals surface area contributed by atoms with Crippen molar-refractivity contribution < 1.29 is 14.6 Å². The standard InChI is InChI=1S/C15H27NO3/c1-19-15(18)9-5-11-16-10-3-2-7-13(16)12-6-4-8-14(12)17/h12-14,17H,2-11H2,1H3. The third-order valence-electron chi connectivity index (χ3n) is 4.74. The molecule has 1 heterocycles. The summed E-state index contributed by atoms with van der Waals surface area (Å²) >= 11 is 0. The number of hydrogen-bond acceptors (Lipinski definition) is 4. The Morgan fingerprint density at radius 1 is 1.26 bits per heavy atom. The van der Waals surface area contributed by atoms with Crippen molar-refractivity contribution in [1.29, 1.82) is 0 Å². The van der Waals surface area contributed by atoms with Crippen molar-refractivity contribution in [3.63, 3.8) is 0 Å². The van der Waals surface area contributed by atoms with Gasteiger partial charge in [-0.1, -0.05) is 12.8 Å². The van der Waals surface area contributed by atoms with Crippen LogP contribution in [-0.4, -0.2) is 48.3 Å². The van der Waals surface area contributed by atoms with E-state index < -0.39 is 0 Å². The second-order valence-electron chi connectivity index (χ2n) is 5.94. The fourth-order valence-electron chi connectivity index (χ4n) is 3.73. The van der Waals surface area contributed by atoms with Gasteiger partial charge in [0.1, 0.15) is 0 Å². The highest BCUT2D eigenvalue weighted by Crippen LogP contribution is 2.35. The van der Waals surface area contributed by atoms with Gasteiger partial charge in [-0.25, -0.2) is 0 Å². The van der Waals surface area contributed by atoms with Gasteiger partial charge in [-0.05, 0) is 45.2 Å². The van der Waals surface area contributed by atoms with Crippen LogP contribution in [0.3, 0.4) is 0 Å². The van der Waals surface area contributed by atoms with Crippen LogP contribution in [0.4, 0.5) is 0 Å². The number of aliphatic hydroxyl groups excluding tert-OH is 1. The van der Waals surface area contributed by atoms with Crippen molar-refractivity contribution >= 4 is 5.97 Å². The van der Waals surface area contributed by atoms with Crippen molar-refractivity contribution in [2.75, 3.05) is 20.2 Å². The fraction of sp³-hybridized carbons (Fsp3) is 0.933. The first-order valence-corrected chi connectivity index (χ1v) is 7.71. The van der Waals surface area contributed by atoms with E-state index >= 15 is 0 Å². The van der Waals surface area contributed by atoms with Crippen LogP contribution in [0.5, 0.6) is 0 Å². The van der Waals surface area contributed by atoms with Crippen molar-refractivity contribution in [2.24, 2.45) is 5.92 Å². The summed E-state index contributed by atoms with van der Waals surface area (Å²) in [6.45, 7) is 2.08. The predicted octanol–water partition coefficient (Wildman–Crippen LogP) is 1.96. The topological polar surface area (TPSA) is 49.8 Å². The first kappa shape index (κ1) is 14.8. The zero-order chi connectivity index (χ0) is 13.7. The molecule has 0 aromatic heterocycles. The number of nitrogens with zero attached hydrogens (tertiary/aromatic N) is 1. The van der Waals surface area contributed by atoms with Crippen LogP contribution >= 0.6 is 0 Å². The maximum Gasteiger partial charge on any atom is 0.305 e. The smallest absolute Gasteiger partial charge is 0.305 e. The summed E-state index contributed by atoms with van der Waals surface area (Å²) < 4.78 is 4.69. The van der Waals surface area contributed by atoms with Crippen molar-refractivity contribution in [3.05, 3.63) is 0 Å². The number of methoxy groups -OCH3 is 1. The molecule has 2 aliphatic rings. The lowest BCUT2D eigenvalue weighted by molar-refractivity contribution is -0.140. The minimum atomic E-state index is -0.116. The summed E-state index contributed by atoms with van der Waals surface area (Å²) in [7, 11) is 1.45. The highest BCUT2D eigenvalue weighted by molar-refractivity contribution is 5.69. The maximum atomic E-state index is 11.2. The minimum Gasteiger partial charge on any atom is -0.469 e. The first-order valence-electron chi connectivity index (χ1n) is 7.71. The monoisotopic (exact) mass is 269 g/mol. The Bertz CT molecular complexity index is 295. The summed E-state index contributed by atoms with van der Waals surface area (Å²) in [6.07, 6.45) is 8.30. The summed E-state index contributed by atoms with van der Waals surface area (Å²) in [4.78, 5) is 13.7. The number of ether oxygens (including phenoxy) is 1. The second kappa shape index (κ2) is 7.25. The maximum absolute atomic E-state index is 11.2. The summed E-state index contributed by atoms with van der Waals surface area (Å²) in [5, 5.41) is 10.1. The molecule has 2 rings (SSSR count). The van der Waals surface area contributed by atoms with E-state index in [0.29, 0.717) is 18.4 Å². The molecule has 1 saturated carbocycles. The molecule has 3 atom stereocenters. The number of aliphatic hydroxyl groups is 1. The Balaban J connectivity index is 1.83. The van der Waals surface area contributed by atoms with Crippen LogP contribution in [0.25, 0.3) is 0 Å². The summed E-state index contributed by atoms with van der Waals surface area (Å²) in [6, 6.07) is 0.531. The SMILES string of the molecule is COC(=O)CCCN1CCCCC1C1CCCC1O. The largest absolute Gasteiger partial charge is 0.469 e. The zero-order valence-electron chi connectivity index (χ0n) is 12.0. The molecular weight excluding hydrogens is 242 g/mol. The fourth-order valence-corrected chi connectivity index (χ4v) is 3.73. The van der Waals surface area contributed by atoms with Gasteiger partial charge in [0.25, 0.3) is 0 Å². The molecule has 0 aromatic rings. The first-order chi connectivity index (χ1) is 9.22. The highest BCUT2D eigenvalue weighted by atomic mass is 16.5. The number of rotatable bonds is 5. The van der Waals surface area contributed by atoms with Gasteiger partial charge in [0.05, 0.1) is 13.2 Å². The van der Waals surface area contributed by atoms with Crippen LogP contribution in [0, 0.1) is 5.92 Å². The Hall–Kier alpha value is -0.610. The minimum absolute atomic E-state index is 0.105. The molecule has 0 bridgehead atoms. The molecular formula is C15H27NO3. The Morgan fingerprint density at radius 2 is 2.11 bits per heavy atom. The quantitative estimate of drug-likeness (QED) is 0.775. The van der Waals surface area contributed by atoms with Gasteiger partial charge in [0.2, 0.25) is 0 Å². The molecule has 110 valence electrons. The van der Waals surface area contributed by atoms with E-state index in [4.69, 9.17) is 0 Å². The van der Waals surface area contributed by atoms with Crippen molar-refractivity contribution in [3.8, 4) is 0 Å². The summed E-state index contributed by atoms with van der Waals surface area (Å²) in [5.74, 6) is 0.341. The van der Waals surface area contributed by atoms with Gasteiger partial charge in [0.15, 0.2) is 0 Å². The zero-order valence-corrected chi connectivity index (χ0v) is 12.0. The molecule has 1 saturated heterocycles. The van der Waals surface area contributed by atoms with Crippen LogP contribution < -0.4 is 0 Å². The third-order valence-corrected chi connectivity index (χ3v) is 4.74. The molecule has 3 unspecified atom stereocenters. The number of carbonyl (C=O) groups excluding carboxylic acids is 1. The lowest BCUT2D eigenvalue weighted by atomic mass is 9.87. The molecule has 1 N–H and O–H groups in total. The van der Waals surface area contributed by atoms with E-state index in [-0.39, 0.29) is 12.1 Å². The predicted molar refractivity (Wildman–Crippen MR) is 73.8 cm³/mol. The second-order valence-corrected chi connectivity index (χ2v) is 5.94. The molecule has 1 aliphatic carbocycles. The average molecular weight is 269 g/mol. The van der Waals surface area contributed by atoms with Crippen LogP contribution in [-0.2, 0) is 9.53 Å². The van der Waals surface area contributed by atoms with Crippen LogP contribution in [0.15, 0.2) is 0 Å².